The summed E-state index contributed by atoms with van der Waals surface area (Å²) in [6, 6.07) is 13.8. The van der Waals surface area contributed by atoms with Crippen LogP contribution < -0.4 is 17.0 Å². The molecule has 1 heterocycles. The van der Waals surface area contributed by atoms with Gasteiger partial charge in [0.2, 0.25) is 0 Å². The summed E-state index contributed by atoms with van der Waals surface area (Å²) in [6.07, 6.45) is 0.705. The Morgan fingerprint density at radius 2 is 2.05 bits per heavy atom. The number of halogens is 1. The lowest BCUT2D eigenvalue weighted by molar-refractivity contribution is 0.552. The monoisotopic (exact) mass is 362 g/mol. The fourth-order valence-electron chi connectivity index (χ4n) is 2.29. The summed E-state index contributed by atoms with van der Waals surface area (Å²) in [5.41, 5.74) is 11.6. The largest absolute Gasteiger partial charge is 0.398 e. The third kappa shape index (κ3) is 3.08. The van der Waals surface area contributed by atoms with Crippen LogP contribution in [0.5, 0.6) is 0 Å². The van der Waals surface area contributed by atoms with Crippen LogP contribution in [-0.4, -0.2) is 4.98 Å². The van der Waals surface area contributed by atoms with Gasteiger partial charge in [0.15, 0.2) is 0 Å². The predicted molar refractivity (Wildman–Crippen MR) is 91.9 cm³/mol. The number of para-hydroxylation sites is 1. The van der Waals surface area contributed by atoms with Gasteiger partial charge in [-0.05, 0) is 35.9 Å². The molecule has 6 heteroatoms. The molecule has 0 fully saturated rings. The van der Waals surface area contributed by atoms with Crippen molar-refractivity contribution in [3.63, 3.8) is 0 Å². The van der Waals surface area contributed by atoms with Crippen LogP contribution in [0.2, 0.25) is 0 Å². The zero-order valence-corrected chi connectivity index (χ0v) is 13.6. The van der Waals surface area contributed by atoms with Gasteiger partial charge in [-0.15, -0.1) is 11.3 Å². The average molecular weight is 363 g/mol. The quantitative estimate of drug-likeness (QED) is 0.377. The molecule has 3 aromatic rings. The lowest BCUT2D eigenvalue weighted by Crippen LogP contribution is -2.30. The fraction of sp³-hybridized carbons (Fsp3) is 0.133. The maximum Gasteiger partial charge on any atom is 0.0958 e. The van der Waals surface area contributed by atoms with E-state index in [1.54, 1.807) is 11.3 Å². The summed E-state index contributed by atoms with van der Waals surface area (Å²) in [4.78, 5) is 4.65. The number of benzene rings is 2. The Hall–Kier alpha value is -1.47. The van der Waals surface area contributed by atoms with Crippen LogP contribution in [0.3, 0.4) is 0 Å². The van der Waals surface area contributed by atoms with Crippen molar-refractivity contribution in [2.75, 3.05) is 5.73 Å². The molecule has 108 valence electrons. The maximum atomic E-state index is 6.06. The standard InChI is InChI=1S/C15H15BrN4S/c16-9-5-6-11(17)10(7-9)13(20-18)8-15-19-12-3-1-2-4-14(12)21-15/h1-7,13,20H,8,17-18H2. The van der Waals surface area contributed by atoms with E-state index in [0.29, 0.717) is 6.42 Å². The highest BCUT2D eigenvalue weighted by Crippen LogP contribution is 2.29. The SMILES string of the molecule is NNC(Cc1nc2ccccc2s1)c1cc(Br)ccc1N. The van der Waals surface area contributed by atoms with Gasteiger partial charge in [0.05, 0.1) is 21.3 Å². The Morgan fingerprint density at radius 1 is 1.24 bits per heavy atom. The first-order valence-corrected chi connectivity index (χ1v) is 8.14. The molecule has 1 atom stereocenters. The Labute approximate surface area is 135 Å². The normalized spacial score (nSPS) is 12.7. The molecule has 1 unspecified atom stereocenters. The second kappa shape index (κ2) is 6.11. The van der Waals surface area contributed by atoms with Crippen molar-refractivity contribution >= 4 is 43.2 Å². The Morgan fingerprint density at radius 3 is 2.81 bits per heavy atom. The molecule has 1 aromatic heterocycles. The number of aromatic nitrogens is 1. The topological polar surface area (TPSA) is 77.0 Å². The third-order valence-electron chi connectivity index (χ3n) is 3.34. The van der Waals surface area contributed by atoms with Gasteiger partial charge in [-0.1, -0.05) is 28.1 Å². The Kier molecular flexibility index (Phi) is 4.21. The highest BCUT2D eigenvalue weighted by Gasteiger charge is 2.16. The second-order valence-electron chi connectivity index (χ2n) is 4.77. The van der Waals surface area contributed by atoms with Crippen molar-refractivity contribution in [2.45, 2.75) is 12.5 Å². The molecular formula is C15H15BrN4S. The number of thiazole rings is 1. The lowest BCUT2D eigenvalue weighted by Gasteiger charge is -2.17. The average Bonchev–Trinajstić information content (AvgIpc) is 2.90. The number of hydrazine groups is 1. The zero-order chi connectivity index (χ0) is 14.8. The molecule has 4 nitrogen and oxygen atoms in total. The van der Waals surface area contributed by atoms with Crippen LogP contribution in [0.4, 0.5) is 5.69 Å². The van der Waals surface area contributed by atoms with E-state index >= 15 is 0 Å². The van der Waals surface area contributed by atoms with Crippen LogP contribution in [0.1, 0.15) is 16.6 Å². The molecule has 0 saturated carbocycles. The van der Waals surface area contributed by atoms with E-state index in [1.807, 2.05) is 36.4 Å². The first kappa shape index (κ1) is 14.5. The van der Waals surface area contributed by atoms with Crippen molar-refractivity contribution in [3.8, 4) is 0 Å². The number of nitrogens with two attached hydrogens (primary N) is 2. The van der Waals surface area contributed by atoms with Gasteiger partial charge in [-0.25, -0.2) is 4.98 Å². The molecule has 0 aliphatic rings. The molecule has 0 saturated heterocycles. The number of hydrogen-bond acceptors (Lipinski definition) is 5. The predicted octanol–water partition coefficient (Wildman–Crippen LogP) is 3.39. The third-order valence-corrected chi connectivity index (χ3v) is 4.89. The maximum absolute atomic E-state index is 6.06. The van der Waals surface area contributed by atoms with E-state index in [-0.39, 0.29) is 6.04 Å². The number of rotatable bonds is 4. The Bertz CT molecular complexity index is 738. The molecule has 2 aromatic carbocycles. The Balaban J connectivity index is 1.91. The molecular weight excluding hydrogens is 348 g/mol. The number of nitrogen functional groups attached to an aromatic ring is 1. The van der Waals surface area contributed by atoms with Crippen LogP contribution in [0.15, 0.2) is 46.9 Å². The molecule has 0 radical (unpaired) electrons. The van der Waals surface area contributed by atoms with Crippen molar-refractivity contribution < 1.29 is 0 Å². The summed E-state index contributed by atoms with van der Waals surface area (Å²) in [5.74, 6) is 5.72. The van der Waals surface area contributed by atoms with Crippen LogP contribution in [0.25, 0.3) is 10.2 Å². The van der Waals surface area contributed by atoms with Gasteiger partial charge in [0.25, 0.3) is 0 Å². The minimum absolute atomic E-state index is 0.0666. The van der Waals surface area contributed by atoms with Gasteiger partial charge in [0, 0.05) is 16.6 Å². The van der Waals surface area contributed by atoms with E-state index in [2.05, 4.69) is 32.4 Å². The number of hydrogen-bond donors (Lipinski definition) is 3. The lowest BCUT2D eigenvalue weighted by atomic mass is 10.0. The molecule has 0 spiro atoms. The second-order valence-corrected chi connectivity index (χ2v) is 6.80. The zero-order valence-electron chi connectivity index (χ0n) is 11.2. The molecule has 5 N–H and O–H groups in total. The molecule has 0 bridgehead atoms. The summed E-state index contributed by atoms with van der Waals surface area (Å²) in [7, 11) is 0. The van der Waals surface area contributed by atoms with Crippen LogP contribution in [-0.2, 0) is 6.42 Å². The number of anilines is 1. The molecule has 0 aliphatic heterocycles. The van der Waals surface area contributed by atoms with Crippen molar-refractivity contribution in [1.29, 1.82) is 0 Å². The van der Waals surface area contributed by atoms with Gasteiger partial charge in [-0.2, -0.15) is 0 Å². The number of fused-ring (bicyclic) bond motifs is 1. The van der Waals surface area contributed by atoms with E-state index in [1.165, 1.54) is 4.70 Å². The summed E-state index contributed by atoms with van der Waals surface area (Å²) < 4.78 is 2.17. The van der Waals surface area contributed by atoms with E-state index in [9.17, 15) is 0 Å². The summed E-state index contributed by atoms with van der Waals surface area (Å²) in [6.45, 7) is 0. The molecule has 3 rings (SSSR count). The molecule has 0 aliphatic carbocycles. The van der Waals surface area contributed by atoms with E-state index in [0.717, 1.165) is 26.2 Å². The molecule has 0 amide bonds. The first-order valence-electron chi connectivity index (χ1n) is 6.53. The minimum atomic E-state index is -0.0666. The number of nitrogens with zero attached hydrogens (tertiary/aromatic N) is 1. The number of nitrogens with one attached hydrogen (secondary N) is 1. The molecule has 21 heavy (non-hydrogen) atoms. The van der Waals surface area contributed by atoms with Crippen LogP contribution >= 0.6 is 27.3 Å². The van der Waals surface area contributed by atoms with Gasteiger partial charge in [-0.3, -0.25) is 11.3 Å². The van der Waals surface area contributed by atoms with Gasteiger partial charge in [0.1, 0.15) is 0 Å². The fourth-order valence-corrected chi connectivity index (χ4v) is 3.68. The van der Waals surface area contributed by atoms with Gasteiger partial charge >= 0.3 is 0 Å². The van der Waals surface area contributed by atoms with Crippen LogP contribution in [0, 0.1) is 0 Å². The van der Waals surface area contributed by atoms with E-state index in [4.69, 9.17) is 11.6 Å². The first-order chi connectivity index (χ1) is 10.2. The summed E-state index contributed by atoms with van der Waals surface area (Å²) >= 11 is 5.16. The highest BCUT2D eigenvalue weighted by atomic mass is 79.9. The smallest absolute Gasteiger partial charge is 0.0958 e. The van der Waals surface area contributed by atoms with Crippen molar-refractivity contribution in [1.82, 2.24) is 10.4 Å². The van der Waals surface area contributed by atoms with E-state index < -0.39 is 0 Å². The van der Waals surface area contributed by atoms with Crippen molar-refractivity contribution in [3.05, 3.63) is 57.5 Å². The van der Waals surface area contributed by atoms with Crippen molar-refractivity contribution in [2.24, 2.45) is 5.84 Å². The minimum Gasteiger partial charge on any atom is -0.398 e. The summed E-state index contributed by atoms with van der Waals surface area (Å²) in [5, 5.41) is 1.04. The van der Waals surface area contributed by atoms with Gasteiger partial charge < -0.3 is 5.73 Å². The highest BCUT2D eigenvalue weighted by molar-refractivity contribution is 9.10.